The lowest BCUT2D eigenvalue weighted by Crippen LogP contribution is -2.41. The first-order valence-electron chi connectivity index (χ1n) is 8.52. The lowest BCUT2D eigenvalue weighted by Gasteiger charge is -2.19. The molecule has 3 rings (SSSR count). The number of carbonyl (C=O) groups is 1. The number of nitrogens with one attached hydrogen (secondary N) is 1. The zero-order chi connectivity index (χ0) is 16.2. The Kier molecular flexibility index (Phi) is 5.28. The summed E-state index contributed by atoms with van der Waals surface area (Å²) in [6, 6.07) is 6.53. The minimum Gasteiger partial charge on any atom is -0.395 e. The molecule has 0 aromatic heterocycles. The lowest BCUT2D eigenvalue weighted by molar-refractivity contribution is -0.122. The number of aliphatic hydroxyl groups is 1. The van der Waals surface area contributed by atoms with Gasteiger partial charge in [0.15, 0.2) is 0 Å². The van der Waals surface area contributed by atoms with Crippen molar-refractivity contribution in [1.29, 1.82) is 0 Å². The minimum atomic E-state index is -0.250. The molecule has 1 amide bonds. The molecule has 1 heterocycles. The van der Waals surface area contributed by atoms with Crippen molar-refractivity contribution < 1.29 is 14.3 Å². The third-order valence-electron chi connectivity index (χ3n) is 4.98. The number of hydrogen-bond acceptors (Lipinski definition) is 3. The number of β-amino-alcohol motifs (C(OH)–C–C–N with tert-alkyl or cyclic N) is 1. The van der Waals surface area contributed by atoms with Gasteiger partial charge in [-0.2, -0.15) is 0 Å². The highest BCUT2D eigenvalue weighted by Crippen LogP contribution is 2.41. The number of carbonyl (C=O) groups excluding carboxylic acids is 1. The van der Waals surface area contributed by atoms with Crippen LogP contribution in [0.15, 0.2) is 24.3 Å². The molecule has 1 aliphatic carbocycles. The Labute approximate surface area is 136 Å². The van der Waals surface area contributed by atoms with Crippen LogP contribution in [0.25, 0.3) is 0 Å². The number of rotatable bonds is 7. The molecule has 1 saturated heterocycles. The number of amides is 1. The molecule has 2 atom stereocenters. The Bertz CT molecular complexity index is 530. The van der Waals surface area contributed by atoms with Gasteiger partial charge < -0.3 is 10.4 Å². The first-order valence-corrected chi connectivity index (χ1v) is 8.52. The number of benzene rings is 1. The van der Waals surface area contributed by atoms with Gasteiger partial charge in [0.1, 0.15) is 5.82 Å². The molecule has 1 aromatic carbocycles. The standard InChI is InChI=1S/C18H25FN2O2/c19-15-6-1-13(2-7-15)3-8-18(23)20-17-12-21(9-10-22)11-16(17)14-4-5-14/h1-2,6-7,14,16-17,22H,3-5,8-12H2,(H,20,23)/t16-,17+/m1/s1. The molecule has 1 aliphatic heterocycles. The molecule has 4 nitrogen and oxygen atoms in total. The fourth-order valence-electron chi connectivity index (χ4n) is 3.58. The van der Waals surface area contributed by atoms with Crippen molar-refractivity contribution in [3.05, 3.63) is 35.6 Å². The largest absolute Gasteiger partial charge is 0.395 e. The SMILES string of the molecule is O=C(CCc1ccc(F)cc1)N[C@H]1CN(CCO)C[C@@H]1C1CC1. The summed E-state index contributed by atoms with van der Waals surface area (Å²) in [4.78, 5) is 14.5. The molecular weight excluding hydrogens is 295 g/mol. The highest BCUT2D eigenvalue weighted by atomic mass is 19.1. The summed E-state index contributed by atoms with van der Waals surface area (Å²) < 4.78 is 12.9. The van der Waals surface area contributed by atoms with Crippen LogP contribution >= 0.6 is 0 Å². The normalized spacial score (nSPS) is 24.8. The van der Waals surface area contributed by atoms with Gasteiger partial charge in [0.25, 0.3) is 0 Å². The number of nitrogens with zero attached hydrogens (tertiary/aromatic N) is 1. The summed E-state index contributed by atoms with van der Waals surface area (Å²) >= 11 is 0. The van der Waals surface area contributed by atoms with Crippen LogP contribution < -0.4 is 5.32 Å². The van der Waals surface area contributed by atoms with E-state index in [0.717, 1.165) is 24.6 Å². The molecule has 2 aliphatic rings. The van der Waals surface area contributed by atoms with Crippen molar-refractivity contribution in [3.63, 3.8) is 0 Å². The van der Waals surface area contributed by atoms with Crippen LogP contribution in [0.3, 0.4) is 0 Å². The first kappa shape index (κ1) is 16.4. The molecular formula is C18H25FN2O2. The predicted octanol–water partition coefficient (Wildman–Crippen LogP) is 1.58. The predicted molar refractivity (Wildman–Crippen MR) is 86.4 cm³/mol. The molecule has 0 bridgehead atoms. The van der Waals surface area contributed by atoms with E-state index in [9.17, 15) is 9.18 Å². The maximum Gasteiger partial charge on any atom is 0.220 e. The molecule has 0 spiro atoms. The van der Waals surface area contributed by atoms with E-state index in [-0.39, 0.29) is 24.4 Å². The number of likely N-dealkylation sites (tertiary alicyclic amines) is 1. The fraction of sp³-hybridized carbons (Fsp3) is 0.611. The number of aliphatic hydroxyl groups excluding tert-OH is 1. The highest BCUT2D eigenvalue weighted by Gasteiger charge is 2.42. The molecule has 23 heavy (non-hydrogen) atoms. The molecule has 126 valence electrons. The van der Waals surface area contributed by atoms with Crippen LogP contribution in [0.1, 0.15) is 24.8 Å². The quantitative estimate of drug-likeness (QED) is 0.802. The van der Waals surface area contributed by atoms with Crippen LogP contribution in [0.2, 0.25) is 0 Å². The zero-order valence-electron chi connectivity index (χ0n) is 13.4. The Morgan fingerprint density at radius 3 is 2.65 bits per heavy atom. The second kappa shape index (κ2) is 7.41. The van der Waals surface area contributed by atoms with Crippen molar-refractivity contribution in [2.75, 3.05) is 26.2 Å². The van der Waals surface area contributed by atoms with E-state index in [1.165, 1.54) is 25.0 Å². The van der Waals surface area contributed by atoms with E-state index in [4.69, 9.17) is 5.11 Å². The van der Waals surface area contributed by atoms with Crippen LogP contribution in [0, 0.1) is 17.7 Å². The van der Waals surface area contributed by atoms with Gasteiger partial charge in [-0.25, -0.2) is 4.39 Å². The van der Waals surface area contributed by atoms with E-state index in [2.05, 4.69) is 10.2 Å². The smallest absolute Gasteiger partial charge is 0.220 e. The van der Waals surface area contributed by atoms with Gasteiger partial charge in [-0.3, -0.25) is 9.69 Å². The Morgan fingerprint density at radius 2 is 2.00 bits per heavy atom. The molecule has 1 aromatic rings. The van der Waals surface area contributed by atoms with Gasteiger partial charge in [-0.1, -0.05) is 12.1 Å². The molecule has 0 unspecified atom stereocenters. The van der Waals surface area contributed by atoms with E-state index in [0.29, 0.717) is 25.3 Å². The summed E-state index contributed by atoms with van der Waals surface area (Å²) in [7, 11) is 0. The first-order chi connectivity index (χ1) is 11.2. The summed E-state index contributed by atoms with van der Waals surface area (Å²) in [6.45, 7) is 2.67. The van der Waals surface area contributed by atoms with Gasteiger partial charge in [-0.15, -0.1) is 0 Å². The van der Waals surface area contributed by atoms with Gasteiger partial charge >= 0.3 is 0 Å². The van der Waals surface area contributed by atoms with Crippen molar-refractivity contribution in [1.82, 2.24) is 10.2 Å². The van der Waals surface area contributed by atoms with Gasteiger partial charge in [-0.05, 0) is 48.8 Å². The highest BCUT2D eigenvalue weighted by molar-refractivity contribution is 5.76. The van der Waals surface area contributed by atoms with Crippen LogP contribution in [-0.4, -0.2) is 48.2 Å². The number of hydrogen-bond donors (Lipinski definition) is 2. The van der Waals surface area contributed by atoms with E-state index < -0.39 is 0 Å². The molecule has 2 fully saturated rings. The Hall–Kier alpha value is -1.46. The monoisotopic (exact) mass is 320 g/mol. The summed E-state index contributed by atoms with van der Waals surface area (Å²) in [6.07, 6.45) is 3.59. The van der Waals surface area contributed by atoms with E-state index in [1.807, 2.05) is 0 Å². The summed E-state index contributed by atoms with van der Waals surface area (Å²) in [5.74, 6) is 1.08. The molecule has 0 radical (unpaired) electrons. The molecule has 1 saturated carbocycles. The Balaban J connectivity index is 1.48. The second-order valence-corrected chi connectivity index (χ2v) is 6.78. The maximum absolute atomic E-state index is 12.9. The molecule has 2 N–H and O–H groups in total. The van der Waals surface area contributed by atoms with Crippen molar-refractivity contribution in [2.24, 2.45) is 11.8 Å². The average Bonchev–Trinajstić information content (AvgIpc) is 3.30. The average molecular weight is 320 g/mol. The topological polar surface area (TPSA) is 52.6 Å². The van der Waals surface area contributed by atoms with Crippen LogP contribution in [-0.2, 0) is 11.2 Å². The minimum absolute atomic E-state index is 0.0656. The van der Waals surface area contributed by atoms with E-state index in [1.54, 1.807) is 12.1 Å². The lowest BCUT2D eigenvalue weighted by atomic mass is 9.98. The second-order valence-electron chi connectivity index (χ2n) is 6.78. The maximum atomic E-state index is 12.9. The zero-order valence-corrected chi connectivity index (χ0v) is 13.4. The third-order valence-corrected chi connectivity index (χ3v) is 4.98. The van der Waals surface area contributed by atoms with Crippen molar-refractivity contribution >= 4 is 5.91 Å². The van der Waals surface area contributed by atoms with Crippen molar-refractivity contribution in [3.8, 4) is 0 Å². The van der Waals surface area contributed by atoms with Gasteiger partial charge in [0.05, 0.1) is 6.61 Å². The van der Waals surface area contributed by atoms with Gasteiger partial charge in [0, 0.05) is 32.1 Å². The number of halogens is 1. The number of aryl methyl sites for hydroxylation is 1. The van der Waals surface area contributed by atoms with Crippen LogP contribution in [0.4, 0.5) is 4.39 Å². The fourth-order valence-corrected chi connectivity index (χ4v) is 3.58. The van der Waals surface area contributed by atoms with E-state index >= 15 is 0 Å². The van der Waals surface area contributed by atoms with Gasteiger partial charge in [0.2, 0.25) is 5.91 Å². The third kappa shape index (κ3) is 4.52. The molecule has 5 heteroatoms. The van der Waals surface area contributed by atoms with Crippen LogP contribution in [0.5, 0.6) is 0 Å². The van der Waals surface area contributed by atoms with Crippen molar-refractivity contribution in [2.45, 2.75) is 31.7 Å². The summed E-state index contributed by atoms with van der Waals surface area (Å²) in [5, 5.41) is 12.3. The summed E-state index contributed by atoms with van der Waals surface area (Å²) in [5.41, 5.74) is 0.980. The Morgan fingerprint density at radius 1 is 1.26 bits per heavy atom.